The number of rotatable bonds is 48. The van der Waals surface area contributed by atoms with Gasteiger partial charge in [-0.25, -0.2) is 9.59 Å². The number of aliphatic carboxylic acids is 2. The zero-order valence-corrected chi connectivity index (χ0v) is 38.2. The number of nitrogens with zero attached hydrogens (tertiary/aromatic N) is 1. The minimum Gasteiger partial charge on any atom is -0.480 e. The predicted molar refractivity (Wildman–Crippen MR) is 240 cm³/mol. The van der Waals surface area contributed by atoms with E-state index in [1.165, 1.54) is 25.7 Å². The molecule has 0 heterocycles. The van der Waals surface area contributed by atoms with E-state index in [1.807, 2.05) is 0 Å². The third-order valence-electron chi connectivity index (χ3n) is 9.90. The molecule has 0 rings (SSSR count). The molecule has 0 aliphatic heterocycles. The van der Waals surface area contributed by atoms with Gasteiger partial charge in [0, 0.05) is 58.6 Å². The Morgan fingerprint density at radius 2 is 0.906 bits per heavy atom. The molecule has 0 aliphatic carbocycles. The van der Waals surface area contributed by atoms with Gasteiger partial charge >= 0.3 is 11.9 Å². The van der Waals surface area contributed by atoms with E-state index in [4.69, 9.17) is 29.2 Å². The van der Waals surface area contributed by atoms with E-state index >= 15 is 0 Å². The van der Waals surface area contributed by atoms with E-state index in [0.29, 0.717) is 57.3 Å². The lowest BCUT2D eigenvalue weighted by atomic mass is 10.0. The molecule has 0 aromatic rings. The van der Waals surface area contributed by atoms with Crippen LogP contribution in [0.4, 0.5) is 0 Å². The zero-order chi connectivity index (χ0) is 47.3. The summed E-state index contributed by atoms with van der Waals surface area (Å²) in [4.78, 5) is 82.7. The van der Waals surface area contributed by atoms with Gasteiger partial charge in [0.25, 0.3) is 0 Å². The maximum absolute atomic E-state index is 12.3. The SMILES string of the molecule is C=NN[C@@H](CCCCNC(=O)COCCOCCNC(=O)COCCOCCNC(=O)CC[C@H](NC(=O)CCCCCCCCCCCCCCC(=O)CCCCO)C(=O)O)C(=O)O. The molecule has 20 nitrogen and oxygen atoms in total. The summed E-state index contributed by atoms with van der Waals surface area (Å²) in [5, 5.41) is 41.2. The third kappa shape index (κ3) is 40.5. The third-order valence-corrected chi connectivity index (χ3v) is 9.90. The first-order valence-corrected chi connectivity index (χ1v) is 23.2. The number of aliphatic hydroxyl groups is 1. The van der Waals surface area contributed by atoms with Crippen LogP contribution in [0.1, 0.15) is 141 Å². The van der Waals surface area contributed by atoms with Crippen molar-refractivity contribution in [2.45, 2.75) is 153 Å². The Kier molecular flexibility index (Phi) is 41.1. The number of carboxylic acid groups (broad SMARTS) is 2. The quantitative estimate of drug-likeness (QED) is 0.0247. The second kappa shape index (κ2) is 44.0. The summed E-state index contributed by atoms with van der Waals surface area (Å²) >= 11 is 0. The van der Waals surface area contributed by atoms with Crippen LogP contribution in [0.5, 0.6) is 0 Å². The normalized spacial score (nSPS) is 11.9. The van der Waals surface area contributed by atoms with Crippen LogP contribution in [0.25, 0.3) is 0 Å². The number of amides is 4. The fourth-order valence-electron chi connectivity index (χ4n) is 6.27. The van der Waals surface area contributed by atoms with E-state index in [1.54, 1.807) is 0 Å². The Hall–Kier alpha value is -4.24. The molecule has 0 aromatic carbocycles. The highest BCUT2D eigenvalue weighted by Gasteiger charge is 2.21. The molecule has 64 heavy (non-hydrogen) atoms. The van der Waals surface area contributed by atoms with Crippen LogP contribution in [-0.2, 0) is 52.5 Å². The Labute approximate surface area is 379 Å². The molecule has 0 saturated carbocycles. The molecule has 0 spiro atoms. The first-order valence-electron chi connectivity index (χ1n) is 23.2. The minimum atomic E-state index is -1.19. The first-order chi connectivity index (χ1) is 31.0. The second-order valence-corrected chi connectivity index (χ2v) is 15.5. The van der Waals surface area contributed by atoms with Crippen LogP contribution in [0, 0.1) is 0 Å². The van der Waals surface area contributed by atoms with Crippen LogP contribution in [0.2, 0.25) is 0 Å². The summed E-state index contributed by atoms with van der Waals surface area (Å²) in [5.74, 6) is -3.22. The van der Waals surface area contributed by atoms with E-state index < -0.39 is 24.0 Å². The van der Waals surface area contributed by atoms with Crippen molar-refractivity contribution in [1.82, 2.24) is 26.7 Å². The first kappa shape index (κ1) is 59.8. The fourth-order valence-corrected chi connectivity index (χ4v) is 6.27. The van der Waals surface area contributed by atoms with Crippen molar-refractivity contribution in [3.05, 3.63) is 0 Å². The van der Waals surface area contributed by atoms with Crippen molar-refractivity contribution in [2.24, 2.45) is 5.10 Å². The molecule has 0 aliphatic rings. The number of hydrogen-bond donors (Lipinski definition) is 8. The van der Waals surface area contributed by atoms with Gasteiger partial charge < -0.3 is 55.5 Å². The van der Waals surface area contributed by atoms with E-state index in [0.717, 1.165) is 51.4 Å². The predicted octanol–water partition coefficient (Wildman–Crippen LogP) is 2.77. The number of ketones is 1. The lowest BCUT2D eigenvalue weighted by Gasteiger charge is -2.14. The van der Waals surface area contributed by atoms with E-state index in [2.05, 4.69) is 38.5 Å². The maximum Gasteiger partial charge on any atom is 0.327 e. The van der Waals surface area contributed by atoms with Crippen LogP contribution in [0.3, 0.4) is 0 Å². The van der Waals surface area contributed by atoms with E-state index in [9.17, 15) is 38.7 Å². The molecule has 0 aromatic heterocycles. The molecule has 0 bridgehead atoms. The summed E-state index contributed by atoms with van der Waals surface area (Å²) in [7, 11) is 0. The number of aliphatic hydroxyl groups excluding tert-OH is 1. The summed E-state index contributed by atoms with van der Waals surface area (Å²) in [6.07, 6.45) is 17.3. The van der Waals surface area contributed by atoms with Gasteiger partial charge in [-0.2, -0.15) is 5.10 Å². The van der Waals surface area contributed by atoms with Crippen LogP contribution < -0.4 is 26.7 Å². The van der Waals surface area contributed by atoms with Gasteiger partial charge in [-0.05, 0) is 51.4 Å². The number of carboxylic acids is 2. The molecule has 2 atom stereocenters. The van der Waals surface area contributed by atoms with Gasteiger partial charge in [0.1, 0.15) is 31.1 Å². The van der Waals surface area contributed by atoms with E-state index in [-0.39, 0.29) is 115 Å². The molecule has 8 N–H and O–H groups in total. The van der Waals surface area contributed by atoms with Crippen molar-refractivity contribution in [3.8, 4) is 0 Å². The Morgan fingerprint density at radius 3 is 1.41 bits per heavy atom. The van der Waals surface area contributed by atoms with Crippen LogP contribution in [-0.4, -0.2) is 155 Å². The van der Waals surface area contributed by atoms with Gasteiger partial charge in [-0.1, -0.05) is 64.2 Å². The number of carbonyl (C=O) groups excluding carboxylic acids is 5. The Balaban J connectivity index is 3.67. The summed E-state index contributed by atoms with van der Waals surface area (Å²) in [6.45, 7) is 5.08. The van der Waals surface area contributed by atoms with Crippen molar-refractivity contribution in [1.29, 1.82) is 0 Å². The summed E-state index contributed by atoms with van der Waals surface area (Å²) in [6, 6.07) is -1.96. The zero-order valence-electron chi connectivity index (χ0n) is 38.2. The van der Waals surface area contributed by atoms with Gasteiger partial charge in [-0.3, -0.25) is 29.4 Å². The van der Waals surface area contributed by atoms with Crippen molar-refractivity contribution in [3.63, 3.8) is 0 Å². The minimum absolute atomic E-state index is 0.0344. The highest BCUT2D eigenvalue weighted by molar-refractivity contribution is 5.84. The largest absolute Gasteiger partial charge is 0.480 e. The maximum atomic E-state index is 12.3. The molecule has 0 saturated heterocycles. The fraction of sp³-hybridized carbons (Fsp3) is 0.818. The standard InChI is InChI=1S/C44H80N6O14/c1-45-50-38(44(59)60)20-14-16-24-46-41(55)34-63-32-31-62-29-26-48-42(56)35-64-33-30-61-28-25-47-39(53)23-22-37(43(57)58)49-40(54)21-13-11-9-7-5-3-2-4-6-8-10-12-18-36(52)19-15-17-27-51/h37-38,50-51H,1-35H2,(H,46,55)(H,47,53)(H,48,56)(H,49,54)(H,57,58)(H,59,60)/t37-,38-/m0/s1. The lowest BCUT2D eigenvalue weighted by Crippen LogP contribution is -2.41. The summed E-state index contributed by atoms with van der Waals surface area (Å²) < 4.78 is 21.3. The number of unbranched alkanes of at least 4 members (excludes halogenated alkanes) is 13. The summed E-state index contributed by atoms with van der Waals surface area (Å²) in [5.41, 5.74) is 2.42. The van der Waals surface area contributed by atoms with Gasteiger partial charge in [0.2, 0.25) is 23.6 Å². The van der Waals surface area contributed by atoms with Crippen molar-refractivity contribution >= 4 is 48.1 Å². The van der Waals surface area contributed by atoms with Crippen LogP contribution in [0.15, 0.2) is 5.10 Å². The number of hydrazone groups is 1. The number of nitrogens with one attached hydrogen (secondary N) is 5. The smallest absolute Gasteiger partial charge is 0.327 e. The monoisotopic (exact) mass is 917 g/mol. The molecule has 20 heteroatoms. The number of carbonyl (C=O) groups is 7. The molecular weight excluding hydrogens is 837 g/mol. The van der Waals surface area contributed by atoms with Crippen molar-refractivity contribution in [2.75, 3.05) is 79.1 Å². The highest BCUT2D eigenvalue weighted by atomic mass is 16.5. The lowest BCUT2D eigenvalue weighted by molar-refractivity contribution is -0.142. The van der Waals surface area contributed by atoms with Gasteiger partial charge in [0.15, 0.2) is 0 Å². The molecule has 0 unspecified atom stereocenters. The van der Waals surface area contributed by atoms with Gasteiger partial charge in [-0.15, -0.1) is 0 Å². The molecule has 0 fully saturated rings. The Morgan fingerprint density at radius 1 is 0.453 bits per heavy atom. The number of ether oxygens (including phenoxy) is 4. The molecule has 370 valence electrons. The average Bonchev–Trinajstić information content (AvgIpc) is 3.26. The van der Waals surface area contributed by atoms with Crippen LogP contribution >= 0.6 is 0 Å². The second-order valence-electron chi connectivity index (χ2n) is 15.5. The Bertz CT molecular complexity index is 1280. The average molecular weight is 917 g/mol. The molecular formula is C44H80N6O14. The topological polar surface area (TPSA) is 290 Å². The highest BCUT2D eigenvalue weighted by Crippen LogP contribution is 2.14. The molecule has 0 radical (unpaired) electrons. The number of hydrogen-bond acceptors (Lipinski definition) is 14. The van der Waals surface area contributed by atoms with Gasteiger partial charge in [0.05, 0.1) is 39.6 Å². The van der Waals surface area contributed by atoms with Crippen molar-refractivity contribution < 1.29 is 67.8 Å². The molecule has 4 amide bonds. The number of Topliss-reactive ketones (excluding diaryl/α,β-unsaturated/α-hetero) is 1.